The molecule has 3 rings (SSSR count). The highest BCUT2D eigenvalue weighted by molar-refractivity contribution is 5.87. The van der Waals surface area contributed by atoms with Gasteiger partial charge in [-0.1, -0.05) is 35.4 Å². The molecule has 168 valence electrons. The summed E-state index contributed by atoms with van der Waals surface area (Å²) in [5, 5.41) is 9.74. The molecule has 8 nitrogen and oxygen atoms in total. The van der Waals surface area contributed by atoms with Gasteiger partial charge in [0.05, 0.1) is 0 Å². The molecule has 0 unspecified atom stereocenters. The van der Waals surface area contributed by atoms with Gasteiger partial charge >= 0.3 is 18.2 Å². The number of carbonyl (C=O) groups is 3. The Hall–Kier alpha value is -3.81. The van der Waals surface area contributed by atoms with Crippen LogP contribution in [0, 0.1) is 41.5 Å². The van der Waals surface area contributed by atoms with E-state index in [2.05, 4.69) is 0 Å². The van der Waals surface area contributed by atoms with Gasteiger partial charge in [-0.25, -0.2) is 14.4 Å². The second kappa shape index (κ2) is 8.74. The maximum atomic E-state index is 12.8. The van der Waals surface area contributed by atoms with Crippen LogP contribution in [0.25, 0.3) is 0 Å². The first-order valence-electron chi connectivity index (χ1n) is 10.1. The number of ether oxygens (including phenoxy) is 2. The number of amides is 2. The van der Waals surface area contributed by atoms with Crippen molar-refractivity contribution in [3.8, 4) is 11.5 Å². The molecule has 1 heterocycles. The predicted octanol–water partition coefficient (Wildman–Crippen LogP) is 4.73. The summed E-state index contributed by atoms with van der Waals surface area (Å²) < 4.78 is 11.0. The number of carboxylic acid groups (broad SMARTS) is 1. The lowest BCUT2D eigenvalue weighted by Gasteiger charge is -2.26. The number of benzene rings is 2. The van der Waals surface area contributed by atoms with Crippen molar-refractivity contribution in [1.82, 2.24) is 9.80 Å². The van der Waals surface area contributed by atoms with Crippen LogP contribution < -0.4 is 9.47 Å². The van der Waals surface area contributed by atoms with Gasteiger partial charge in [0.25, 0.3) is 0 Å². The van der Waals surface area contributed by atoms with Crippen LogP contribution >= 0.6 is 0 Å². The topological polar surface area (TPSA) is 96.4 Å². The zero-order chi connectivity index (χ0) is 23.7. The standard InChI is InChI=1S/C24H26N2O6/c1-13-9-15(3)19(16(4)10-13)31-23(29)25-7-8-26(21(25)22(27)28)24(30)32-20-17(5)11-14(2)12-18(20)6/h7-12,21H,1-6H3,(H,27,28). The van der Waals surface area contributed by atoms with Crippen molar-refractivity contribution in [2.45, 2.75) is 47.7 Å². The number of rotatable bonds is 3. The highest BCUT2D eigenvalue weighted by Gasteiger charge is 2.42. The molecule has 0 saturated heterocycles. The van der Waals surface area contributed by atoms with E-state index in [4.69, 9.17) is 9.47 Å². The molecular weight excluding hydrogens is 412 g/mol. The van der Waals surface area contributed by atoms with Crippen molar-refractivity contribution in [3.63, 3.8) is 0 Å². The summed E-state index contributed by atoms with van der Waals surface area (Å²) in [6.07, 6.45) is -1.08. The van der Waals surface area contributed by atoms with E-state index in [-0.39, 0.29) is 0 Å². The maximum absolute atomic E-state index is 12.8. The molecule has 0 saturated carbocycles. The zero-order valence-electron chi connectivity index (χ0n) is 18.9. The number of nitrogens with zero attached hydrogens (tertiary/aromatic N) is 2. The normalized spacial score (nSPS) is 13.4. The fourth-order valence-corrected chi connectivity index (χ4v) is 3.94. The van der Waals surface area contributed by atoms with Gasteiger partial charge in [-0.05, 0) is 63.8 Å². The largest absolute Gasteiger partial charge is 0.478 e. The Kier molecular flexibility index (Phi) is 6.25. The van der Waals surface area contributed by atoms with Crippen LogP contribution in [-0.4, -0.2) is 39.2 Å². The molecule has 0 aromatic heterocycles. The Labute approximate surface area is 186 Å². The van der Waals surface area contributed by atoms with Crippen molar-refractivity contribution in [1.29, 1.82) is 0 Å². The van der Waals surface area contributed by atoms with Gasteiger partial charge in [0, 0.05) is 12.4 Å². The predicted molar refractivity (Wildman–Crippen MR) is 118 cm³/mol. The number of carboxylic acids is 1. The van der Waals surface area contributed by atoms with Crippen molar-refractivity contribution >= 4 is 18.2 Å². The number of aryl methyl sites for hydroxylation is 6. The van der Waals surface area contributed by atoms with Gasteiger partial charge in [0.1, 0.15) is 11.5 Å². The molecule has 0 radical (unpaired) electrons. The van der Waals surface area contributed by atoms with Gasteiger partial charge in [0.15, 0.2) is 0 Å². The third-order valence-electron chi connectivity index (χ3n) is 5.15. The molecule has 32 heavy (non-hydrogen) atoms. The molecule has 1 N–H and O–H groups in total. The molecule has 0 aliphatic carbocycles. The van der Waals surface area contributed by atoms with Crippen molar-refractivity contribution < 1.29 is 29.0 Å². The molecule has 2 aromatic rings. The summed E-state index contributed by atoms with van der Waals surface area (Å²) in [4.78, 5) is 39.2. The third-order valence-corrected chi connectivity index (χ3v) is 5.15. The van der Waals surface area contributed by atoms with Crippen molar-refractivity contribution in [3.05, 3.63) is 70.0 Å². The van der Waals surface area contributed by atoms with E-state index < -0.39 is 24.3 Å². The smallest absolute Gasteiger partial charge is 0.421 e. The minimum atomic E-state index is -1.63. The molecular formula is C24H26N2O6. The number of aliphatic carboxylic acids is 1. The number of carbonyl (C=O) groups excluding carboxylic acids is 2. The van der Waals surface area contributed by atoms with E-state index in [0.717, 1.165) is 43.2 Å². The summed E-state index contributed by atoms with van der Waals surface area (Å²) >= 11 is 0. The van der Waals surface area contributed by atoms with E-state index in [1.54, 1.807) is 27.7 Å². The van der Waals surface area contributed by atoms with Crippen molar-refractivity contribution in [2.75, 3.05) is 0 Å². The first-order chi connectivity index (χ1) is 15.0. The molecule has 8 heteroatoms. The summed E-state index contributed by atoms with van der Waals surface area (Å²) in [5.74, 6) is -0.700. The molecule has 2 amide bonds. The zero-order valence-corrected chi connectivity index (χ0v) is 18.9. The van der Waals surface area contributed by atoms with Crippen molar-refractivity contribution in [2.24, 2.45) is 0 Å². The summed E-state index contributed by atoms with van der Waals surface area (Å²) in [6, 6.07) is 7.44. The molecule has 0 bridgehead atoms. The summed E-state index contributed by atoms with van der Waals surface area (Å²) in [7, 11) is 0. The van der Waals surface area contributed by atoms with E-state index >= 15 is 0 Å². The van der Waals surface area contributed by atoms with Crippen LogP contribution in [0.4, 0.5) is 9.59 Å². The second-order valence-corrected chi connectivity index (χ2v) is 8.02. The molecule has 0 atom stereocenters. The quantitative estimate of drug-likeness (QED) is 0.744. The number of hydrogen-bond acceptors (Lipinski definition) is 5. The minimum absolute atomic E-state index is 0.352. The van der Waals surface area contributed by atoms with Crippen LogP contribution in [-0.2, 0) is 4.79 Å². The fraction of sp³-hybridized carbons (Fsp3) is 0.292. The molecule has 1 aliphatic heterocycles. The van der Waals surface area contributed by atoms with E-state index in [9.17, 15) is 19.5 Å². The van der Waals surface area contributed by atoms with E-state index in [1.165, 1.54) is 12.4 Å². The first-order valence-corrected chi connectivity index (χ1v) is 10.1. The lowest BCUT2D eigenvalue weighted by atomic mass is 10.1. The molecule has 2 aromatic carbocycles. The van der Waals surface area contributed by atoms with Gasteiger partial charge < -0.3 is 14.6 Å². The Morgan fingerprint density at radius 3 is 1.28 bits per heavy atom. The van der Waals surface area contributed by atoms with Gasteiger partial charge in [-0.15, -0.1) is 0 Å². The minimum Gasteiger partial charge on any atom is -0.478 e. The highest BCUT2D eigenvalue weighted by Crippen LogP contribution is 2.29. The van der Waals surface area contributed by atoms with Crippen LogP contribution in [0.3, 0.4) is 0 Å². The Morgan fingerprint density at radius 2 is 1.00 bits per heavy atom. The van der Waals surface area contributed by atoms with Gasteiger partial charge in [0.2, 0.25) is 6.17 Å². The summed E-state index contributed by atoms with van der Waals surface area (Å²) in [6.45, 7) is 11.0. The summed E-state index contributed by atoms with van der Waals surface area (Å²) in [5.41, 5.74) is 5.00. The lowest BCUT2D eigenvalue weighted by Crippen LogP contribution is -2.50. The molecule has 1 aliphatic rings. The highest BCUT2D eigenvalue weighted by atomic mass is 16.6. The lowest BCUT2D eigenvalue weighted by molar-refractivity contribution is -0.145. The molecule has 0 fully saturated rings. The average Bonchev–Trinajstić information content (AvgIpc) is 3.13. The van der Waals surface area contributed by atoms with Crippen LogP contribution in [0.1, 0.15) is 33.4 Å². The Morgan fingerprint density at radius 1 is 0.688 bits per heavy atom. The Bertz CT molecular complexity index is 1010. The van der Waals surface area contributed by atoms with Gasteiger partial charge in [-0.2, -0.15) is 0 Å². The maximum Gasteiger partial charge on any atom is 0.421 e. The average molecular weight is 438 g/mol. The number of hydrogen-bond donors (Lipinski definition) is 1. The SMILES string of the molecule is Cc1cc(C)c(OC(=O)N2C=CN(C(=O)Oc3c(C)cc(C)cc3C)C2C(=O)O)c(C)c1. The van der Waals surface area contributed by atoms with E-state index in [1.807, 2.05) is 38.1 Å². The fourth-order valence-electron chi connectivity index (χ4n) is 3.94. The monoisotopic (exact) mass is 438 g/mol. The van der Waals surface area contributed by atoms with Crippen LogP contribution in [0.5, 0.6) is 11.5 Å². The van der Waals surface area contributed by atoms with Gasteiger partial charge in [-0.3, -0.25) is 9.80 Å². The molecule has 0 spiro atoms. The van der Waals surface area contributed by atoms with E-state index in [0.29, 0.717) is 11.5 Å². The Balaban J connectivity index is 1.82. The second-order valence-electron chi connectivity index (χ2n) is 8.02. The third kappa shape index (κ3) is 4.44. The first kappa shape index (κ1) is 22.9. The van der Waals surface area contributed by atoms with Crippen LogP contribution in [0.2, 0.25) is 0 Å². The van der Waals surface area contributed by atoms with Crippen LogP contribution in [0.15, 0.2) is 36.7 Å².